The molecule has 1 saturated heterocycles. The largest absolute Gasteiger partial charge is 0.497 e. The minimum atomic E-state index is -1.03. The lowest BCUT2D eigenvalue weighted by Gasteiger charge is -2.30. The zero-order chi connectivity index (χ0) is 15.2. The van der Waals surface area contributed by atoms with Crippen molar-refractivity contribution in [1.82, 2.24) is 4.90 Å². The van der Waals surface area contributed by atoms with Gasteiger partial charge in [0.25, 0.3) is 0 Å². The molecule has 0 bridgehead atoms. The number of hydrogen-bond donors (Lipinski definition) is 1. The van der Waals surface area contributed by atoms with Crippen molar-refractivity contribution in [1.29, 1.82) is 0 Å². The molecule has 1 aromatic rings. The number of carbonyl (C=O) groups excluding carboxylic acids is 1. The van der Waals surface area contributed by atoms with Gasteiger partial charge < -0.3 is 19.5 Å². The number of amides is 1. The fourth-order valence-corrected chi connectivity index (χ4v) is 2.80. The van der Waals surface area contributed by atoms with E-state index in [-0.39, 0.29) is 24.8 Å². The highest BCUT2D eigenvalue weighted by atomic mass is 32.2. The van der Waals surface area contributed by atoms with Gasteiger partial charge >= 0.3 is 5.97 Å². The van der Waals surface area contributed by atoms with Crippen molar-refractivity contribution in [2.45, 2.75) is 11.0 Å². The lowest BCUT2D eigenvalue weighted by Crippen LogP contribution is -2.49. The zero-order valence-electron chi connectivity index (χ0n) is 11.7. The van der Waals surface area contributed by atoms with Crippen LogP contribution in [0.3, 0.4) is 0 Å². The van der Waals surface area contributed by atoms with Crippen LogP contribution < -0.4 is 4.74 Å². The molecule has 0 radical (unpaired) electrons. The minimum absolute atomic E-state index is 0.0858. The Balaban J connectivity index is 1.87. The summed E-state index contributed by atoms with van der Waals surface area (Å²) < 4.78 is 10.2. The summed E-state index contributed by atoms with van der Waals surface area (Å²) >= 11 is 1.40. The first kappa shape index (κ1) is 15.7. The predicted octanol–water partition coefficient (Wildman–Crippen LogP) is 1.10. The molecule has 7 heteroatoms. The van der Waals surface area contributed by atoms with Crippen LogP contribution in [0.5, 0.6) is 5.75 Å². The first-order valence-corrected chi connectivity index (χ1v) is 7.47. The SMILES string of the molecule is COc1cccc(SCC(=O)N2CCOC(C(=O)O)C2)c1. The van der Waals surface area contributed by atoms with Gasteiger partial charge in [0.05, 0.1) is 26.0 Å². The number of nitrogens with zero attached hydrogens (tertiary/aromatic N) is 1. The third kappa shape index (κ3) is 4.37. The molecule has 1 unspecified atom stereocenters. The molecule has 114 valence electrons. The molecule has 0 saturated carbocycles. The first-order chi connectivity index (χ1) is 10.1. The molecule has 21 heavy (non-hydrogen) atoms. The Morgan fingerprint density at radius 2 is 2.33 bits per heavy atom. The van der Waals surface area contributed by atoms with E-state index in [1.807, 2.05) is 24.3 Å². The van der Waals surface area contributed by atoms with E-state index in [0.29, 0.717) is 6.54 Å². The van der Waals surface area contributed by atoms with Gasteiger partial charge in [0.15, 0.2) is 6.10 Å². The quantitative estimate of drug-likeness (QED) is 0.821. The maximum atomic E-state index is 12.1. The molecular weight excluding hydrogens is 294 g/mol. The third-order valence-corrected chi connectivity index (χ3v) is 4.08. The van der Waals surface area contributed by atoms with Crippen molar-refractivity contribution in [3.05, 3.63) is 24.3 Å². The Hall–Kier alpha value is -1.73. The van der Waals surface area contributed by atoms with Crippen molar-refractivity contribution >= 4 is 23.6 Å². The van der Waals surface area contributed by atoms with Gasteiger partial charge in [-0.2, -0.15) is 0 Å². The number of methoxy groups -OCH3 is 1. The van der Waals surface area contributed by atoms with Crippen LogP contribution in [0.1, 0.15) is 0 Å². The maximum absolute atomic E-state index is 12.1. The minimum Gasteiger partial charge on any atom is -0.497 e. The van der Waals surface area contributed by atoms with E-state index in [2.05, 4.69) is 0 Å². The first-order valence-electron chi connectivity index (χ1n) is 6.49. The van der Waals surface area contributed by atoms with Crippen LogP contribution in [-0.4, -0.2) is 60.5 Å². The number of aliphatic carboxylic acids is 1. The Bertz CT molecular complexity index is 522. The van der Waals surface area contributed by atoms with Gasteiger partial charge in [0.2, 0.25) is 5.91 Å². The molecule has 1 atom stereocenters. The van der Waals surface area contributed by atoms with Crippen molar-refractivity contribution in [2.24, 2.45) is 0 Å². The molecule has 1 aromatic carbocycles. The molecule has 1 aliphatic heterocycles. The summed E-state index contributed by atoms with van der Waals surface area (Å²) in [6, 6.07) is 7.46. The number of morpholine rings is 1. The summed E-state index contributed by atoms with van der Waals surface area (Å²) in [6.45, 7) is 0.792. The molecule has 0 aromatic heterocycles. The normalized spacial score (nSPS) is 18.3. The zero-order valence-corrected chi connectivity index (χ0v) is 12.5. The van der Waals surface area contributed by atoms with E-state index in [9.17, 15) is 9.59 Å². The molecule has 1 amide bonds. The van der Waals surface area contributed by atoms with E-state index in [4.69, 9.17) is 14.6 Å². The van der Waals surface area contributed by atoms with Crippen molar-refractivity contribution in [3.8, 4) is 5.75 Å². The molecule has 0 aliphatic carbocycles. The third-order valence-electron chi connectivity index (χ3n) is 3.10. The van der Waals surface area contributed by atoms with Crippen LogP contribution >= 0.6 is 11.8 Å². The van der Waals surface area contributed by atoms with Gasteiger partial charge in [-0.15, -0.1) is 11.8 Å². The Morgan fingerprint density at radius 1 is 1.52 bits per heavy atom. The standard InChI is InChI=1S/C14H17NO5S/c1-19-10-3-2-4-11(7-10)21-9-13(16)15-5-6-20-12(8-15)14(17)18/h2-4,7,12H,5-6,8-9H2,1H3,(H,17,18). The average molecular weight is 311 g/mol. The fourth-order valence-electron chi connectivity index (χ4n) is 1.95. The molecule has 1 aliphatic rings. The number of carboxylic acids is 1. The van der Waals surface area contributed by atoms with Crippen LogP contribution in [0.25, 0.3) is 0 Å². The Labute approximate surface area is 127 Å². The fraction of sp³-hybridized carbons (Fsp3) is 0.429. The Kier molecular flexibility index (Phi) is 5.46. The number of carbonyl (C=O) groups is 2. The molecule has 1 fully saturated rings. The highest BCUT2D eigenvalue weighted by Crippen LogP contribution is 2.23. The topological polar surface area (TPSA) is 76.1 Å². The lowest BCUT2D eigenvalue weighted by atomic mass is 10.3. The highest BCUT2D eigenvalue weighted by molar-refractivity contribution is 8.00. The van der Waals surface area contributed by atoms with Crippen LogP contribution in [-0.2, 0) is 14.3 Å². The van der Waals surface area contributed by atoms with Crippen molar-refractivity contribution in [2.75, 3.05) is 32.6 Å². The number of thioether (sulfide) groups is 1. The van der Waals surface area contributed by atoms with Crippen LogP contribution in [0.15, 0.2) is 29.2 Å². The molecule has 1 N–H and O–H groups in total. The van der Waals surface area contributed by atoms with Gasteiger partial charge in [-0.25, -0.2) is 4.79 Å². The van der Waals surface area contributed by atoms with Crippen molar-refractivity contribution < 1.29 is 24.2 Å². The number of hydrogen-bond acceptors (Lipinski definition) is 5. The molecule has 2 rings (SSSR count). The highest BCUT2D eigenvalue weighted by Gasteiger charge is 2.28. The maximum Gasteiger partial charge on any atom is 0.334 e. The summed E-state index contributed by atoms with van der Waals surface area (Å²) in [5, 5.41) is 8.92. The van der Waals surface area contributed by atoms with Crippen molar-refractivity contribution in [3.63, 3.8) is 0 Å². The molecular formula is C14H17NO5S. The van der Waals surface area contributed by atoms with Crippen LogP contribution in [0.4, 0.5) is 0 Å². The summed E-state index contributed by atoms with van der Waals surface area (Å²) in [5.74, 6) is -0.116. The molecule has 6 nitrogen and oxygen atoms in total. The number of rotatable bonds is 5. The monoisotopic (exact) mass is 311 g/mol. The van der Waals surface area contributed by atoms with Crippen LogP contribution in [0.2, 0.25) is 0 Å². The van der Waals surface area contributed by atoms with E-state index < -0.39 is 12.1 Å². The Morgan fingerprint density at radius 3 is 3.05 bits per heavy atom. The van der Waals surface area contributed by atoms with E-state index in [0.717, 1.165) is 10.6 Å². The summed E-state index contributed by atoms with van der Waals surface area (Å²) in [7, 11) is 1.59. The summed E-state index contributed by atoms with van der Waals surface area (Å²) in [4.78, 5) is 25.5. The van der Waals surface area contributed by atoms with E-state index >= 15 is 0 Å². The van der Waals surface area contributed by atoms with Gasteiger partial charge in [0, 0.05) is 11.4 Å². The van der Waals surface area contributed by atoms with Gasteiger partial charge in [-0.05, 0) is 18.2 Å². The smallest absolute Gasteiger partial charge is 0.334 e. The number of benzene rings is 1. The average Bonchev–Trinajstić information content (AvgIpc) is 2.53. The predicted molar refractivity (Wildman–Crippen MR) is 77.7 cm³/mol. The summed E-state index contributed by atoms with van der Waals surface area (Å²) in [5.41, 5.74) is 0. The number of ether oxygens (including phenoxy) is 2. The van der Waals surface area contributed by atoms with Gasteiger partial charge in [-0.3, -0.25) is 4.79 Å². The van der Waals surface area contributed by atoms with Crippen LogP contribution in [0, 0.1) is 0 Å². The van der Waals surface area contributed by atoms with E-state index in [1.165, 1.54) is 16.7 Å². The second kappa shape index (κ2) is 7.33. The van der Waals surface area contributed by atoms with E-state index in [1.54, 1.807) is 7.11 Å². The van der Waals surface area contributed by atoms with Gasteiger partial charge in [-0.1, -0.05) is 6.07 Å². The molecule has 1 heterocycles. The second-order valence-electron chi connectivity index (χ2n) is 4.51. The lowest BCUT2D eigenvalue weighted by molar-refractivity contribution is -0.158. The van der Waals surface area contributed by atoms with Gasteiger partial charge in [0.1, 0.15) is 5.75 Å². The second-order valence-corrected chi connectivity index (χ2v) is 5.55. The number of carboxylic acid groups (broad SMARTS) is 1. The molecule has 0 spiro atoms. The summed E-state index contributed by atoms with van der Waals surface area (Å²) in [6.07, 6.45) is -0.926.